The summed E-state index contributed by atoms with van der Waals surface area (Å²) in [7, 11) is -3.57. The molecule has 4 rings (SSSR count). The maximum Gasteiger partial charge on any atom is 0.407 e. The summed E-state index contributed by atoms with van der Waals surface area (Å²) in [6, 6.07) is 35.8. The Balaban J connectivity index is 2.24. The van der Waals surface area contributed by atoms with Crippen molar-refractivity contribution >= 4 is 44.1 Å². The fraction of sp³-hybridized carbons (Fsp3) is 0.148. The molecule has 3 nitrogen and oxygen atoms in total. The van der Waals surface area contributed by atoms with Crippen LogP contribution in [-0.4, -0.2) is 16.3 Å². The van der Waals surface area contributed by atoms with Crippen molar-refractivity contribution in [3.8, 4) is 0 Å². The molecule has 0 N–H and O–H groups in total. The Morgan fingerprint density at radius 3 is 1.68 bits per heavy atom. The Morgan fingerprint density at radius 1 is 0.735 bits per heavy atom. The van der Waals surface area contributed by atoms with Crippen LogP contribution < -0.4 is 36.4 Å². The number of hydrogen-bond donors (Lipinski definition) is 0. The van der Waals surface area contributed by atoms with E-state index in [1.54, 1.807) is 11.3 Å². The predicted octanol–water partition coefficient (Wildman–Crippen LogP) is 3.35. The highest BCUT2D eigenvalue weighted by Gasteiger charge is 2.51. The summed E-state index contributed by atoms with van der Waals surface area (Å²) in [5.41, 5.74) is 0. The lowest BCUT2D eigenvalue weighted by Crippen LogP contribution is -3.64. The van der Waals surface area contributed by atoms with E-state index in [0.29, 0.717) is 13.2 Å². The minimum Gasteiger partial charge on any atom is -0.303 e. The van der Waals surface area contributed by atoms with E-state index in [1.165, 1.54) is 18.8 Å². The first-order valence-corrected chi connectivity index (χ1v) is 17.5. The molecule has 0 fully saturated rings. The van der Waals surface area contributed by atoms with Crippen molar-refractivity contribution in [2.75, 3.05) is 13.2 Å². The topological polar surface area (TPSA) is 35.5 Å². The van der Waals surface area contributed by atoms with Crippen LogP contribution in [0.25, 0.3) is 0 Å². The highest BCUT2D eigenvalue weighted by Crippen LogP contribution is 2.58. The zero-order valence-corrected chi connectivity index (χ0v) is 24.0. The summed E-state index contributed by atoms with van der Waals surface area (Å²) in [5.74, 6) is 0. The molecule has 1 aromatic heterocycles. The quantitative estimate of drug-likeness (QED) is 0.202. The van der Waals surface area contributed by atoms with Gasteiger partial charge >= 0.3 is 28.8 Å². The number of halogens is 1. The van der Waals surface area contributed by atoms with Crippen molar-refractivity contribution in [3.63, 3.8) is 0 Å². The summed E-state index contributed by atoms with van der Waals surface area (Å²) in [6.07, 6.45) is 0. The largest absolute Gasteiger partial charge is 0.407 e. The molecule has 0 saturated heterocycles. The maximum atomic E-state index is 14.8. The summed E-state index contributed by atoms with van der Waals surface area (Å²) >= 11 is 0.882. The first-order valence-electron chi connectivity index (χ1n) is 11.2. The predicted molar refractivity (Wildman–Crippen MR) is 144 cm³/mol. The highest BCUT2D eigenvalue weighted by atomic mass is 127. The highest BCUT2D eigenvalue weighted by molar-refractivity contribution is 8.07. The normalized spacial score (nSPS) is 11.9. The van der Waals surface area contributed by atoms with E-state index in [4.69, 9.17) is 9.05 Å². The fourth-order valence-electron chi connectivity index (χ4n) is 3.83. The number of thiophene rings is 1. The van der Waals surface area contributed by atoms with Crippen LogP contribution in [-0.2, 0) is 13.6 Å². The van der Waals surface area contributed by atoms with Crippen molar-refractivity contribution < 1.29 is 34.8 Å². The molecule has 176 valence electrons. The third kappa shape index (κ3) is 5.21. The van der Waals surface area contributed by atoms with Crippen LogP contribution in [0.15, 0.2) is 109 Å². The van der Waals surface area contributed by atoms with Gasteiger partial charge in [-0.2, -0.15) is 0 Å². The van der Waals surface area contributed by atoms with Gasteiger partial charge in [0.1, 0.15) is 0 Å². The lowest BCUT2D eigenvalue weighted by atomic mass is 10.4. The van der Waals surface area contributed by atoms with E-state index < -0.39 is 35.7 Å². The Bertz CT molecular complexity index is 1220. The van der Waals surface area contributed by atoms with Crippen molar-refractivity contribution in [2.45, 2.75) is 13.8 Å². The van der Waals surface area contributed by atoms with Gasteiger partial charge in [-0.05, 0) is 48.0 Å². The number of hydrogen-bond acceptors (Lipinski definition) is 4. The van der Waals surface area contributed by atoms with Crippen LogP contribution in [0.4, 0.5) is 0 Å². The summed E-state index contributed by atoms with van der Waals surface area (Å²) < 4.78 is 30.4. The molecule has 0 aliphatic carbocycles. The monoisotopic (exact) mass is 621 g/mol. The molecule has 0 amide bonds. The standard InChI is InChI=1S/C27H28IO3P2S/c1-3-30-33(29,31-4-2)27(28-23-15-8-5-9-16-23)32(26-21-14-22-34-26,24-17-10-6-11-18-24)25-19-12-7-13-20-25/h5-22H,3-4H2,1-2H3/q+1. The van der Waals surface area contributed by atoms with Crippen molar-refractivity contribution in [1.29, 1.82) is 0 Å². The fourth-order valence-corrected chi connectivity index (χ4v) is 21.6. The third-order valence-corrected chi connectivity index (χ3v) is 20.7. The average molecular weight is 621 g/mol. The van der Waals surface area contributed by atoms with Crippen molar-refractivity contribution in [2.24, 2.45) is 0 Å². The van der Waals surface area contributed by atoms with Gasteiger partial charge in [0.2, 0.25) is 0 Å². The van der Waals surface area contributed by atoms with Crippen molar-refractivity contribution in [3.05, 3.63) is 112 Å². The molecule has 0 spiro atoms. The van der Waals surface area contributed by atoms with Crippen LogP contribution in [0.1, 0.15) is 13.8 Å². The Morgan fingerprint density at radius 2 is 1.24 bits per heavy atom. The molecule has 0 radical (unpaired) electrons. The van der Waals surface area contributed by atoms with Crippen LogP contribution in [0, 0.1) is 3.57 Å². The van der Waals surface area contributed by atoms with Gasteiger partial charge in [0.05, 0.1) is 20.1 Å². The zero-order valence-electron chi connectivity index (χ0n) is 19.2. The van der Waals surface area contributed by atoms with Crippen LogP contribution in [0.3, 0.4) is 0 Å². The second-order valence-electron chi connectivity index (χ2n) is 7.29. The Kier molecular flexibility index (Phi) is 9.03. The molecule has 34 heavy (non-hydrogen) atoms. The molecular weight excluding hydrogens is 593 g/mol. The second-order valence-corrected chi connectivity index (χ2v) is 18.7. The molecule has 0 saturated carbocycles. The van der Waals surface area contributed by atoms with E-state index in [0.717, 1.165) is 3.04 Å². The number of rotatable bonds is 10. The van der Waals surface area contributed by atoms with Crippen LogP contribution >= 0.6 is 25.8 Å². The Hall–Kier alpha value is -1.46. The minimum absolute atomic E-state index is 0.327. The van der Waals surface area contributed by atoms with Gasteiger partial charge in [0, 0.05) is 4.62 Å². The summed E-state index contributed by atoms with van der Waals surface area (Å²) in [6.45, 7) is 1.94. The summed E-state index contributed by atoms with van der Waals surface area (Å²) in [5, 5.41) is 4.46. The number of benzene rings is 3. The second kappa shape index (κ2) is 12.0. The zero-order chi connectivity index (χ0) is 23.9. The molecule has 0 aliphatic rings. The van der Waals surface area contributed by atoms with Gasteiger partial charge in [0.25, 0.3) is 3.04 Å². The van der Waals surface area contributed by atoms with Gasteiger partial charge in [-0.15, -0.1) is 11.3 Å². The molecular formula is C27H28IO3P2S+. The van der Waals surface area contributed by atoms with Gasteiger partial charge < -0.3 is 9.05 Å². The lowest BCUT2D eigenvalue weighted by Gasteiger charge is -2.28. The van der Waals surface area contributed by atoms with Gasteiger partial charge in [-0.1, -0.05) is 84.9 Å². The van der Waals surface area contributed by atoms with E-state index in [9.17, 15) is 4.57 Å². The smallest absolute Gasteiger partial charge is 0.303 e. The van der Waals surface area contributed by atoms with E-state index in [1.807, 2.05) is 32.0 Å². The molecule has 0 atom stereocenters. The average Bonchev–Trinajstić information content (AvgIpc) is 3.41. The van der Waals surface area contributed by atoms with E-state index in [-0.39, 0.29) is 0 Å². The van der Waals surface area contributed by atoms with E-state index >= 15 is 0 Å². The third-order valence-electron chi connectivity index (χ3n) is 5.15. The molecule has 3 aromatic carbocycles. The first-order chi connectivity index (χ1) is 16.6. The molecule has 4 aromatic rings. The minimum atomic E-state index is -3.57. The van der Waals surface area contributed by atoms with E-state index in [2.05, 4.69) is 90.3 Å². The van der Waals surface area contributed by atoms with Crippen LogP contribution in [0.5, 0.6) is 0 Å². The van der Waals surface area contributed by atoms with Gasteiger partial charge in [-0.25, -0.2) is 0 Å². The molecule has 7 heteroatoms. The first kappa shape index (κ1) is 25.6. The summed E-state index contributed by atoms with van der Waals surface area (Å²) in [4.78, 5) is 0. The molecule has 1 heterocycles. The maximum absolute atomic E-state index is 14.8. The van der Waals surface area contributed by atoms with Crippen molar-refractivity contribution in [1.82, 2.24) is 0 Å². The van der Waals surface area contributed by atoms with Gasteiger partial charge in [0.15, 0.2) is 3.57 Å². The Labute approximate surface area is 216 Å². The van der Waals surface area contributed by atoms with Crippen LogP contribution in [0.2, 0.25) is 0 Å². The molecule has 0 unspecified atom stereocenters. The SMILES string of the molecule is CCOP(=O)(OCC)C([I+]c1ccccc1)=P(c1ccccc1)(c1ccccc1)c1cccs1. The van der Waals surface area contributed by atoms with Gasteiger partial charge in [-0.3, -0.25) is 4.57 Å². The molecule has 0 aliphatic heterocycles. The molecule has 0 bridgehead atoms. The lowest BCUT2D eigenvalue weighted by molar-refractivity contribution is -0.499.